The smallest absolute Gasteiger partial charge is 0.490 e. The zero-order chi connectivity index (χ0) is 43.5. The van der Waals surface area contributed by atoms with Gasteiger partial charge in [-0.3, -0.25) is 24.8 Å². The van der Waals surface area contributed by atoms with Crippen molar-refractivity contribution in [2.24, 2.45) is 39.9 Å². The van der Waals surface area contributed by atoms with Gasteiger partial charge in [0.05, 0.1) is 14.2 Å². The van der Waals surface area contributed by atoms with Gasteiger partial charge in [0.1, 0.15) is 17.9 Å². The van der Waals surface area contributed by atoms with Gasteiger partial charge < -0.3 is 47.7 Å². The van der Waals surface area contributed by atoms with Crippen LogP contribution >= 0.6 is 0 Å². The van der Waals surface area contributed by atoms with Crippen LogP contribution in [0.25, 0.3) is 0 Å². The lowest BCUT2D eigenvalue weighted by atomic mass is 9.76. The van der Waals surface area contributed by atoms with Crippen molar-refractivity contribution in [2.45, 2.75) is 108 Å². The molecule has 11 N–H and O–H groups in total. The number of nitrogens with two attached hydrogens (primary N) is 3. The number of carboxylic acid groups (broad SMARTS) is 1. The minimum atomic E-state index is -5.08. The van der Waals surface area contributed by atoms with E-state index in [2.05, 4.69) is 20.9 Å². The van der Waals surface area contributed by atoms with Gasteiger partial charge in [-0.15, -0.1) is 0 Å². The highest BCUT2D eigenvalue weighted by atomic mass is 19.4. The number of amides is 3. The third-order valence-corrected chi connectivity index (χ3v) is 10.7. The Labute approximate surface area is 342 Å². The Morgan fingerprint density at radius 1 is 0.814 bits per heavy atom. The summed E-state index contributed by atoms with van der Waals surface area (Å²) in [5.41, 5.74) is 19.2. The molecule has 15 nitrogen and oxygen atoms in total. The number of guanidine groups is 1. The number of carbonyl (C=O) groups excluding carboxylic acids is 3. The van der Waals surface area contributed by atoms with Crippen molar-refractivity contribution in [3.05, 3.63) is 59.2 Å². The van der Waals surface area contributed by atoms with Crippen LogP contribution in [-0.2, 0) is 32.1 Å². The second-order valence-corrected chi connectivity index (χ2v) is 14.9. The number of hydrogen-bond donors (Lipinski definition) is 8. The van der Waals surface area contributed by atoms with E-state index < -0.39 is 24.2 Å². The van der Waals surface area contributed by atoms with Crippen molar-refractivity contribution in [3.63, 3.8) is 0 Å². The number of amidine groups is 1. The summed E-state index contributed by atoms with van der Waals surface area (Å²) in [6.45, 7) is 0.510. The van der Waals surface area contributed by atoms with E-state index in [1.54, 1.807) is 26.4 Å². The van der Waals surface area contributed by atoms with Gasteiger partial charge in [-0.1, -0.05) is 68.9 Å². The van der Waals surface area contributed by atoms with Crippen LogP contribution in [0.1, 0.15) is 93.7 Å². The highest BCUT2D eigenvalue weighted by Gasteiger charge is 2.39. The molecule has 3 amide bonds. The van der Waals surface area contributed by atoms with Gasteiger partial charge in [-0.05, 0) is 80.0 Å². The predicted octanol–water partition coefficient (Wildman–Crippen LogP) is 4.28. The summed E-state index contributed by atoms with van der Waals surface area (Å²) in [7, 11) is 3.11. The normalized spacial score (nSPS) is 16.2. The lowest BCUT2D eigenvalue weighted by Crippen LogP contribution is -2.57. The molecule has 2 aliphatic carbocycles. The highest BCUT2D eigenvalue weighted by molar-refractivity contribution is 5.95. The van der Waals surface area contributed by atoms with Crippen LogP contribution < -0.4 is 42.6 Å². The SMILES string of the molecule is COc1ccc(CNC(=O)[C@H](CCCN=C(N)N)NC(=O)C(NC(=O)C(Cc2ccc(C(=N)N)cc2)C2CCCCC2)C2CCCCC2)cc1OC.O=C(O)C(F)(F)F. The number of ether oxygens (including phenoxy) is 2. The van der Waals surface area contributed by atoms with Gasteiger partial charge in [0.15, 0.2) is 17.5 Å². The Morgan fingerprint density at radius 2 is 1.37 bits per heavy atom. The molecule has 0 aromatic heterocycles. The second-order valence-electron chi connectivity index (χ2n) is 14.9. The van der Waals surface area contributed by atoms with Gasteiger partial charge in [-0.25, -0.2) is 4.79 Å². The van der Waals surface area contributed by atoms with Crippen LogP contribution in [0.2, 0.25) is 0 Å². The summed E-state index contributed by atoms with van der Waals surface area (Å²) in [6.07, 6.45) is 6.11. The van der Waals surface area contributed by atoms with Gasteiger partial charge in [0.25, 0.3) is 0 Å². The predicted molar refractivity (Wildman–Crippen MR) is 217 cm³/mol. The van der Waals surface area contributed by atoms with Crippen LogP contribution in [0, 0.1) is 23.2 Å². The lowest BCUT2D eigenvalue weighted by Gasteiger charge is -2.34. The van der Waals surface area contributed by atoms with E-state index in [0.29, 0.717) is 42.9 Å². The van der Waals surface area contributed by atoms with Crippen molar-refractivity contribution in [1.29, 1.82) is 5.41 Å². The molecule has 0 bridgehead atoms. The molecule has 0 radical (unpaired) electrons. The maximum Gasteiger partial charge on any atom is 0.490 e. The summed E-state index contributed by atoms with van der Waals surface area (Å²) in [5, 5.41) is 24.1. The first kappa shape index (κ1) is 47.8. The second kappa shape index (κ2) is 23.8. The number of alkyl halides is 3. The minimum absolute atomic E-state index is 0.00125. The van der Waals surface area contributed by atoms with Crippen LogP contribution in [-0.4, -0.2) is 79.6 Å². The molecule has 2 unspecified atom stereocenters. The first-order chi connectivity index (χ1) is 28.0. The fourth-order valence-electron chi connectivity index (χ4n) is 7.55. The average molecular weight is 833 g/mol. The molecule has 2 aromatic rings. The fourth-order valence-corrected chi connectivity index (χ4v) is 7.55. The van der Waals surface area contributed by atoms with Gasteiger partial charge >= 0.3 is 12.1 Å². The van der Waals surface area contributed by atoms with Crippen molar-refractivity contribution >= 4 is 35.5 Å². The largest absolute Gasteiger partial charge is 0.493 e. The summed E-state index contributed by atoms with van der Waals surface area (Å²) >= 11 is 0. The topological polar surface area (TPSA) is 257 Å². The number of benzene rings is 2. The number of nitrogen functional groups attached to an aromatic ring is 1. The molecule has 0 heterocycles. The van der Waals surface area contributed by atoms with Gasteiger partial charge in [0.2, 0.25) is 17.7 Å². The zero-order valence-electron chi connectivity index (χ0n) is 33.7. The number of carbonyl (C=O) groups is 4. The Kier molecular flexibility index (Phi) is 19.3. The molecular weight excluding hydrogens is 773 g/mol. The molecule has 2 fully saturated rings. The fraction of sp³-hybridized carbons (Fsp3) is 0.561. The van der Waals surface area contributed by atoms with Crippen LogP contribution in [0.3, 0.4) is 0 Å². The van der Waals surface area contributed by atoms with E-state index in [9.17, 15) is 27.6 Å². The molecule has 3 atom stereocenters. The number of aliphatic imine (C=N–C) groups is 1. The van der Waals surface area contributed by atoms with E-state index in [4.69, 9.17) is 42.0 Å². The van der Waals surface area contributed by atoms with Crippen molar-refractivity contribution in [3.8, 4) is 11.5 Å². The number of carboxylic acids is 1. The summed E-state index contributed by atoms with van der Waals surface area (Å²) in [5.74, 6) is -2.68. The number of hydrogen-bond acceptors (Lipinski definition) is 8. The number of nitrogens with one attached hydrogen (secondary N) is 4. The van der Waals surface area contributed by atoms with Crippen molar-refractivity contribution in [2.75, 3.05) is 20.8 Å². The Bertz CT molecular complexity index is 1730. The quantitative estimate of drug-likeness (QED) is 0.0601. The van der Waals surface area contributed by atoms with E-state index in [-0.39, 0.29) is 53.8 Å². The molecule has 4 rings (SSSR count). The first-order valence-corrected chi connectivity index (χ1v) is 19.9. The third-order valence-electron chi connectivity index (χ3n) is 10.7. The first-order valence-electron chi connectivity index (χ1n) is 19.9. The molecule has 0 saturated heterocycles. The molecule has 2 aliphatic rings. The molecule has 0 aliphatic heterocycles. The van der Waals surface area contributed by atoms with Crippen LogP contribution in [0.4, 0.5) is 13.2 Å². The van der Waals surface area contributed by atoms with Crippen molar-refractivity contribution < 1.29 is 46.9 Å². The molecule has 59 heavy (non-hydrogen) atoms. The maximum atomic E-state index is 14.3. The summed E-state index contributed by atoms with van der Waals surface area (Å²) in [4.78, 5) is 55.3. The molecule has 2 saturated carbocycles. The minimum Gasteiger partial charge on any atom is -0.493 e. The van der Waals surface area contributed by atoms with E-state index in [1.165, 1.54) is 0 Å². The molecule has 2 aromatic carbocycles. The standard InChI is InChI=1S/C39H58N8O5.C2HF3O2/c1-51-32-20-17-26(23-33(32)52-2)24-45-37(49)31(14-9-21-44-39(42)43)46-38(50)34(28-12-7-4-8-13-28)47-36(48)30(27-10-5-3-6-11-27)22-25-15-18-29(19-16-25)35(40)41;3-2(4,5)1(6)7/h15-20,23,27-28,30-31,34H,3-14,21-22,24H2,1-2H3,(H3,40,41)(H,45,49)(H,46,50)(H,47,48)(H4,42,43,44);(H,6,7)/t30?,31-,34?;/m0./s1. The van der Waals surface area contributed by atoms with E-state index in [1.807, 2.05) is 30.3 Å². The Hall–Kier alpha value is -5.55. The number of nitrogens with zero attached hydrogens (tertiary/aromatic N) is 1. The van der Waals surface area contributed by atoms with Crippen molar-refractivity contribution in [1.82, 2.24) is 16.0 Å². The zero-order valence-corrected chi connectivity index (χ0v) is 33.7. The maximum absolute atomic E-state index is 14.3. The Balaban J connectivity index is 0.00000122. The summed E-state index contributed by atoms with van der Waals surface area (Å²) < 4.78 is 42.5. The molecular formula is C41H59F3N8O7. The Morgan fingerprint density at radius 3 is 1.90 bits per heavy atom. The van der Waals surface area contributed by atoms with Crippen LogP contribution in [0.15, 0.2) is 47.5 Å². The van der Waals surface area contributed by atoms with Gasteiger partial charge in [-0.2, -0.15) is 13.2 Å². The average Bonchev–Trinajstić information content (AvgIpc) is 3.22. The van der Waals surface area contributed by atoms with Gasteiger partial charge in [0, 0.05) is 24.6 Å². The molecule has 0 spiro atoms. The molecule has 18 heteroatoms. The third kappa shape index (κ3) is 16.0. The highest BCUT2D eigenvalue weighted by Crippen LogP contribution is 2.34. The number of halogens is 3. The number of rotatable bonds is 18. The number of methoxy groups -OCH3 is 2. The number of aliphatic carboxylic acids is 1. The molecule has 326 valence electrons. The lowest BCUT2D eigenvalue weighted by molar-refractivity contribution is -0.192. The summed E-state index contributed by atoms with van der Waals surface area (Å²) in [6, 6.07) is 11.2. The monoisotopic (exact) mass is 832 g/mol. The van der Waals surface area contributed by atoms with Crippen LogP contribution in [0.5, 0.6) is 11.5 Å². The van der Waals surface area contributed by atoms with E-state index in [0.717, 1.165) is 75.3 Å². The van der Waals surface area contributed by atoms with E-state index >= 15 is 0 Å².